The highest BCUT2D eigenvalue weighted by atomic mass is 16.4. The molecule has 0 aliphatic carbocycles. The molecule has 0 aliphatic rings. The molecule has 1 heterocycles. The van der Waals surface area contributed by atoms with Crippen molar-refractivity contribution in [3.05, 3.63) is 60.0 Å². The second-order valence-electron chi connectivity index (χ2n) is 4.80. The van der Waals surface area contributed by atoms with E-state index in [0.29, 0.717) is 17.1 Å². The Morgan fingerprint density at radius 1 is 1.18 bits per heavy atom. The summed E-state index contributed by atoms with van der Waals surface area (Å²) in [7, 11) is 0. The summed E-state index contributed by atoms with van der Waals surface area (Å²) < 4.78 is 5.09. The van der Waals surface area contributed by atoms with Gasteiger partial charge in [-0.3, -0.25) is 4.79 Å². The minimum absolute atomic E-state index is 0.0378. The Hall–Kier alpha value is -3.15. The quantitative estimate of drug-likeness (QED) is 0.725. The van der Waals surface area contributed by atoms with Crippen LogP contribution in [-0.4, -0.2) is 21.2 Å². The van der Waals surface area contributed by atoms with E-state index in [1.54, 1.807) is 36.4 Å². The number of rotatable bonds is 3. The number of nitrogens with one attached hydrogen (secondary N) is 1. The Morgan fingerprint density at radius 2 is 1.95 bits per heavy atom. The van der Waals surface area contributed by atoms with E-state index in [2.05, 4.69) is 15.5 Å². The molecule has 2 N–H and O–H groups in total. The van der Waals surface area contributed by atoms with Gasteiger partial charge < -0.3 is 14.8 Å². The largest absolute Gasteiger partial charge is 0.506 e. The number of phenols is 1. The van der Waals surface area contributed by atoms with Crippen LogP contribution in [0.2, 0.25) is 0 Å². The maximum atomic E-state index is 12.2. The summed E-state index contributed by atoms with van der Waals surface area (Å²) in [5.41, 5.74) is 2.48. The molecule has 2 aromatic carbocycles. The molecule has 0 spiro atoms. The van der Waals surface area contributed by atoms with Crippen LogP contribution in [0.5, 0.6) is 5.75 Å². The third kappa shape index (κ3) is 2.80. The molecule has 0 saturated heterocycles. The molecule has 1 amide bonds. The highest BCUT2D eigenvalue weighted by Crippen LogP contribution is 2.24. The lowest BCUT2D eigenvalue weighted by atomic mass is 10.1. The van der Waals surface area contributed by atoms with E-state index in [1.165, 1.54) is 6.39 Å². The lowest BCUT2D eigenvalue weighted by Gasteiger charge is -2.08. The van der Waals surface area contributed by atoms with E-state index in [4.69, 9.17) is 4.42 Å². The molecule has 6 nitrogen and oxygen atoms in total. The summed E-state index contributed by atoms with van der Waals surface area (Å²) in [5.74, 6) is 0.121. The Morgan fingerprint density at radius 3 is 2.59 bits per heavy atom. The lowest BCUT2D eigenvalue weighted by molar-refractivity contribution is 0.102. The van der Waals surface area contributed by atoms with Gasteiger partial charge in [0, 0.05) is 11.1 Å². The smallest absolute Gasteiger partial charge is 0.255 e. The topological polar surface area (TPSA) is 88.3 Å². The molecule has 0 bridgehead atoms. The van der Waals surface area contributed by atoms with Crippen molar-refractivity contribution in [1.82, 2.24) is 10.2 Å². The average Bonchev–Trinajstić information content (AvgIpc) is 3.04. The van der Waals surface area contributed by atoms with E-state index in [0.717, 1.165) is 11.1 Å². The molecule has 0 unspecified atom stereocenters. The predicted molar refractivity (Wildman–Crippen MR) is 80.5 cm³/mol. The van der Waals surface area contributed by atoms with Gasteiger partial charge in [-0.25, -0.2) is 0 Å². The molecule has 3 rings (SSSR count). The van der Waals surface area contributed by atoms with E-state index < -0.39 is 0 Å². The third-order valence-electron chi connectivity index (χ3n) is 3.16. The van der Waals surface area contributed by atoms with Crippen LogP contribution in [0.1, 0.15) is 15.9 Å². The Labute approximate surface area is 126 Å². The summed E-state index contributed by atoms with van der Waals surface area (Å²) in [5, 5.41) is 19.9. The number of amides is 1. The van der Waals surface area contributed by atoms with Gasteiger partial charge in [0.25, 0.3) is 5.91 Å². The zero-order valence-corrected chi connectivity index (χ0v) is 11.8. The van der Waals surface area contributed by atoms with Gasteiger partial charge in [0.05, 0.1) is 5.69 Å². The molecule has 0 saturated carbocycles. The molecule has 0 radical (unpaired) electrons. The molecule has 6 heteroatoms. The fraction of sp³-hybridized carbons (Fsp3) is 0.0625. The zero-order valence-electron chi connectivity index (χ0n) is 11.8. The third-order valence-corrected chi connectivity index (χ3v) is 3.16. The van der Waals surface area contributed by atoms with Crippen LogP contribution < -0.4 is 5.32 Å². The molecule has 0 aliphatic heterocycles. The minimum Gasteiger partial charge on any atom is -0.506 e. The van der Waals surface area contributed by atoms with Crippen molar-refractivity contribution >= 4 is 11.6 Å². The monoisotopic (exact) mass is 295 g/mol. The summed E-state index contributed by atoms with van der Waals surface area (Å²) in [6.45, 7) is 1.86. The van der Waals surface area contributed by atoms with E-state index in [-0.39, 0.29) is 11.7 Å². The number of aromatic hydroxyl groups is 1. The number of aromatic nitrogens is 2. The first-order chi connectivity index (χ1) is 10.6. The lowest BCUT2D eigenvalue weighted by Crippen LogP contribution is -2.11. The zero-order chi connectivity index (χ0) is 15.5. The number of anilines is 1. The van der Waals surface area contributed by atoms with E-state index in [9.17, 15) is 9.90 Å². The molecular weight excluding hydrogens is 282 g/mol. The van der Waals surface area contributed by atoms with Crippen LogP contribution in [0.4, 0.5) is 5.69 Å². The van der Waals surface area contributed by atoms with Crippen molar-refractivity contribution in [1.29, 1.82) is 0 Å². The van der Waals surface area contributed by atoms with Crippen molar-refractivity contribution in [2.24, 2.45) is 0 Å². The number of aryl methyl sites for hydroxylation is 1. The van der Waals surface area contributed by atoms with Gasteiger partial charge in [-0.15, -0.1) is 10.2 Å². The van der Waals surface area contributed by atoms with Crippen molar-refractivity contribution < 1.29 is 14.3 Å². The summed E-state index contributed by atoms with van der Waals surface area (Å²) in [6.07, 6.45) is 1.25. The molecule has 110 valence electrons. The van der Waals surface area contributed by atoms with Gasteiger partial charge in [-0.05, 0) is 48.9 Å². The Balaban J connectivity index is 1.77. The van der Waals surface area contributed by atoms with Crippen LogP contribution in [0.15, 0.2) is 53.3 Å². The maximum absolute atomic E-state index is 12.2. The van der Waals surface area contributed by atoms with Gasteiger partial charge in [-0.2, -0.15) is 0 Å². The first-order valence-electron chi connectivity index (χ1n) is 6.61. The second kappa shape index (κ2) is 5.69. The fourth-order valence-corrected chi connectivity index (χ4v) is 2.00. The van der Waals surface area contributed by atoms with Crippen molar-refractivity contribution in [2.75, 3.05) is 5.32 Å². The maximum Gasteiger partial charge on any atom is 0.255 e. The Bertz CT molecular complexity index is 796. The SMILES string of the molecule is Cc1ccc(NC(=O)c2ccc(-c3nnco3)cc2)c(O)c1. The van der Waals surface area contributed by atoms with Gasteiger partial charge in [0.2, 0.25) is 12.3 Å². The average molecular weight is 295 g/mol. The highest BCUT2D eigenvalue weighted by molar-refractivity contribution is 6.05. The van der Waals surface area contributed by atoms with Gasteiger partial charge in [0.15, 0.2) is 0 Å². The number of carbonyl (C=O) groups excluding carboxylic acids is 1. The van der Waals surface area contributed by atoms with E-state index in [1.807, 2.05) is 13.0 Å². The molecule has 22 heavy (non-hydrogen) atoms. The standard InChI is InChI=1S/C16H13N3O3/c1-10-2-7-13(14(20)8-10)18-15(21)11-3-5-12(6-4-11)16-19-17-9-22-16/h2-9,20H,1H3,(H,18,21). The van der Waals surface area contributed by atoms with Crippen molar-refractivity contribution in [3.63, 3.8) is 0 Å². The minimum atomic E-state index is -0.309. The van der Waals surface area contributed by atoms with Crippen LogP contribution in [0.25, 0.3) is 11.5 Å². The van der Waals surface area contributed by atoms with Crippen molar-refractivity contribution in [2.45, 2.75) is 6.92 Å². The fourth-order valence-electron chi connectivity index (χ4n) is 2.00. The van der Waals surface area contributed by atoms with Crippen LogP contribution in [-0.2, 0) is 0 Å². The van der Waals surface area contributed by atoms with Crippen LogP contribution in [0.3, 0.4) is 0 Å². The predicted octanol–water partition coefficient (Wildman–Crippen LogP) is 3.00. The number of nitrogens with zero attached hydrogens (tertiary/aromatic N) is 2. The summed E-state index contributed by atoms with van der Waals surface area (Å²) in [6, 6.07) is 11.8. The number of hydrogen-bond acceptors (Lipinski definition) is 5. The first-order valence-corrected chi connectivity index (χ1v) is 6.61. The Kier molecular flexibility index (Phi) is 3.57. The molecule has 3 aromatic rings. The second-order valence-corrected chi connectivity index (χ2v) is 4.80. The summed E-state index contributed by atoms with van der Waals surface area (Å²) >= 11 is 0. The molecule has 0 atom stereocenters. The molecule has 1 aromatic heterocycles. The normalized spacial score (nSPS) is 10.4. The number of benzene rings is 2. The van der Waals surface area contributed by atoms with Crippen LogP contribution >= 0.6 is 0 Å². The van der Waals surface area contributed by atoms with Crippen molar-refractivity contribution in [3.8, 4) is 17.2 Å². The highest BCUT2D eigenvalue weighted by Gasteiger charge is 2.10. The van der Waals surface area contributed by atoms with Gasteiger partial charge in [0.1, 0.15) is 5.75 Å². The van der Waals surface area contributed by atoms with Gasteiger partial charge >= 0.3 is 0 Å². The van der Waals surface area contributed by atoms with Gasteiger partial charge in [-0.1, -0.05) is 6.07 Å². The van der Waals surface area contributed by atoms with E-state index >= 15 is 0 Å². The molecule has 0 fully saturated rings. The molecular formula is C16H13N3O3. The first kappa shape index (κ1) is 13.8. The summed E-state index contributed by atoms with van der Waals surface area (Å²) in [4.78, 5) is 12.2. The number of hydrogen-bond donors (Lipinski definition) is 2. The number of phenolic OH excluding ortho intramolecular Hbond substituents is 1. The number of carbonyl (C=O) groups is 1. The van der Waals surface area contributed by atoms with Crippen LogP contribution in [0, 0.1) is 6.92 Å².